The van der Waals surface area contributed by atoms with E-state index in [1.165, 1.54) is 30.6 Å². The second-order valence-electron chi connectivity index (χ2n) is 4.27. The van der Waals surface area contributed by atoms with E-state index in [0.29, 0.717) is 5.69 Å². The summed E-state index contributed by atoms with van der Waals surface area (Å²) in [6.07, 6.45) is 3.05. The monoisotopic (exact) mass is 300 g/mol. The van der Waals surface area contributed by atoms with Gasteiger partial charge in [0.05, 0.1) is 11.5 Å². The molecule has 2 rings (SSSR count). The van der Waals surface area contributed by atoms with Crippen LogP contribution in [0.15, 0.2) is 48.8 Å². The minimum Gasteiger partial charge on any atom is -0.343 e. The lowest BCUT2D eigenvalue weighted by molar-refractivity contribution is -0.384. The quantitative estimate of drug-likeness (QED) is 0.639. The second kappa shape index (κ2) is 6.93. The van der Waals surface area contributed by atoms with Crippen molar-refractivity contribution in [3.63, 3.8) is 0 Å². The number of rotatable bonds is 5. The average molecular weight is 300 g/mol. The van der Waals surface area contributed by atoms with E-state index < -0.39 is 16.7 Å². The van der Waals surface area contributed by atoms with E-state index in [1.807, 2.05) is 0 Å². The molecule has 0 saturated heterocycles. The Morgan fingerprint density at radius 1 is 1.18 bits per heavy atom. The molecule has 0 radical (unpaired) electrons. The van der Waals surface area contributed by atoms with Crippen LogP contribution in [-0.4, -0.2) is 28.3 Å². The van der Waals surface area contributed by atoms with E-state index in [9.17, 15) is 19.7 Å². The lowest BCUT2D eigenvalue weighted by Crippen LogP contribution is -2.32. The van der Waals surface area contributed by atoms with Gasteiger partial charge < -0.3 is 10.6 Å². The predicted octanol–water partition coefficient (Wildman–Crippen LogP) is 1.36. The Balaban J connectivity index is 1.91. The third kappa shape index (κ3) is 4.10. The molecule has 0 aliphatic heterocycles. The normalized spacial score (nSPS) is 9.82. The summed E-state index contributed by atoms with van der Waals surface area (Å²) in [6, 6.07) is 8.50. The highest BCUT2D eigenvalue weighted by molar-refractivity contribution is 5.99. The number of anilines is 1. The fraction of sp³-hybridized carbons (Fsp3) is 0.0714. The smallest absolute Gasteiger partial charge is 0.270 e. The molecule has 8 nitrogen and oxygen atoms in total. The maximum atomic E-state index is 11.9. The molecule has 112 valence electrons. The summed E-state index contributed by atoms with van der Waals surface area (Å²) in [6.45, 7) is -0.246. The van der Waals surface area contributed by atoms with Crippen LogP contribution in [0.2, 0.25) is 0 Å². The summed E-state index contributed by atoms with van der Waals surface area (Å²) in [5.74, 6) is -0.974. The average Bonchev–Trinajstić information content (AvgIpc) is 2.53. The molecule has 22 heavy (non-hydrogen) atoms. The van der Waals surface area contributed by atoms with E-state index >= 15 is 0 Å². The fourth-order valence-corrected chi connectivity index (χ4v) is 1.66. The van der Waals surface area contributed by atoms with Gasteiger partial charge in [0.15, 0.2) is 0 Å². The van der Waals surface area contributed by atoms with Crippen LogP contribution < -0.4 is 10.6 Å². The number of non-ortho nitro benzene ring substituents is 1. The predicted molar refractivity (Wildman–Crippen MR) is 78.3 cm³/mol. The van der Waals surface area contributed by atoms with Gasteiger partial charge in [0.2, 0.25) is 5.91 Å². The first-order valence-corrected chi connectivity index (χ1v) is 6.29. The van der Waals surface area contributed by atoms with Crippen LogP contribution in [0.25, 0.3) is 0 Å². The highest BCUT2D eigenvalue weighted by atomic mass is 16.6. The number of hydrogen-bond donors (Lipinski definition) is 2. The zero-order valence-corrected chi connectivity index (χ0v) is 11.4. The molecule has 1 aromatic carbocycles. The molecule has 0 atom stereocenters. The number of nitro groups is 1. The Morgan fingerprint density at radius 2 is 1.91 bits per heavy atom. The minimum atomic E-state index is -0.590. The van der Waals surface area contributed by atoms with Crippen LogP contribution in [0, 0.1) is 10.1 Å². The molecule has 0 aliphatic rings. The van der Waals surface area contributed by atoms with Crippen molar-refractivity contribution in [1.29, 1.82) is 0 Å². The van der Waals surface area contributed by atoms with Gasteiger partial charge in [-0.3, -0.25) is 24.7 Å². The van der Waals surface area contributed by atoms with E-state index in [1.54, 1.807) is 12.1 Å². The van der Waals surface area contributed by atoms with Gasteiger partial charge in [-0.15, -0.1) is 0 Å². The van der Waals surface area contributed by atoms with Crippen molar-refractivity contribution in [1.82, 2.24) is 10.3 Å². The maximum Gasteiger partial charge on any atom is 0.270 e. The van der Waals surface area contributed by atoms with Crippen LogP contribution in [-0.2, 0) is 4.79 Å². The summed E-state index contributed by atoms with van der Waals surface area (Å²) in [7, 11) is 0. The Labute approximate surface area is 125 Å². The number of hydrogen-bond acceptors (Lipinski definition) is 5. The summed E-state index contributed by atoms with van der Waals surface area (Å²) in [5, 5.41) is 15.6. The number of amides is 2. The van der Waals surface area contributed by atoms with E-state index in [-0.39, 0.29) is 17.8 Å². The van der Waals surface area contributed by atoms with Gasteiger partial charge in [-0.25, -0.2) is 0 Å². The molecule has 2 aromatic rings. The van der Waals surface area contributed by atoms with Crippen LogP contribution in [0.4, 0.5) is 11.4 Å². The molecule has 0 spiro atoms. The molecule has 0 unspecified atom stereocenters. The first-order chi connectivity index (χ1) is 10.6. The molecule has 1 aromatic heterocycles. The third-order valence-corrected chi connectivity index (χ3v) is 2.69. The highest BCUT2D eigenvalue weighted by Crippen LogP contribution is 2.12. The zero-order chi connectivity index (χ0) is 15.9. The lowest BCUT2D eigenvalue weighted by Gasteiger charge is -2.06. The number of benzene rings is 1. The lowest BCUT2D eigenvalue weighted by atomic mass is 10.2. The Morgan fingerprint density at radius 3 is 2.59 bits per heavy atom. The maximum absolute atomic E-state index is 11.9. The van der Waals surface area contributed by atoms with Gasteiger partial charge in [0, 0.05) is 35.8 Å². The highest BCUT2D eigenvalue weighted by Gasteiger charge is 2.12. The Kier molecular flexibility index (Phi) is 4.76. The summed E-state index contributed by atoms with van der Waals surface area (Å²) in [5.41, 5.74) is 0.490. The number of nitrogens with one attached hydrogen (secondary N) is 2. The van der Waals surface area contributed by atoms with E-state index in [4.69, 9.17) is 0 Å². The number of carbonyl (C=O) groups is 2. The summed E-state index contributed by atoms with van der Waals surface area (Å²) < 4.78 is 0. The standard InChI is InChI=1S/C14H12N4O4/c19-13(17-11-4-6-15-7-5-11)9-16-14(20)10-2-1-3-12(8-10)18(21)22/h1-8H,9H2,(H,16,20)(H,15,17,19). The summed E-state index contributed by atoms with van der Waals surface area (Å²) in [4.78, 5) is 37.4. The number of pyridine rings is 1. The summed E-state index contributed by atoms with van der Waals surface area (Å²) >= 11 is 0. The van der Waals surface area contributed by atoms with Crippen LogP contribution in [0.3, 0.4) is 0 Å². The first kappa shape index (κ1) is 15.1. The molecule has 2 amide bonds. The van der Waals surface area contributed by atoms with Crippen molar-refractivity contribution >= 4 is 23.2 Å². The van der Waals surface area contributed by atoms with Crippen LogP contribution in [0.1, 0.15) is 10.4 Å². The van der Waals surface area contributed by atoms with E-state index in [2.05, 4.69) is 15.6 Å². The molecule has 0 aliphatic carbocycles. The molecule has 0 fully saturated rings. The van der Waals surface area contributed by atoms with E-state index in [0.717, 1.165) is 6.07 Å². The fourth-order valence-electron chi connectivity index (χ4n) is 1.66. The Hall–Kier alpha value is -3.29. The molecule has 0 bridgehead atoms. The molecule has 0 saturated carbocycles. The Bertz CT molecular complexity index is 703. The second-order valence-corrected chi connectivity index (χ2v) is 4.27. The van der Waals surface area contributed by atoms with Gasteiger partial charge in [-0.1, -0.05) is 6.07 Å². The van der Waals surface area contributed by atoms with Crippen molar-refractivity contribution in [2.45, 2.75) is 0 Å². The topological polar surface area (TPSA) is 114 Å². The third-order valence-electron chi connectivity index (χ3n) is 2.69. The molecule has 1 heterocycles. The number of carbonyl (C=O) groups excluding carboxylic acids is 2. The van der Waals surface area contributed by atoms with Gasteiger partial charge in [0.1, 0.15) is 0 Å². The van der Waals surface area contributed by atoms with Crippen molar-refractivity contribution < 1.29 is 14.5 Å². The van der Waals surface area contributed by atoms with Gasteiger partial charge >= 0.3 is 0 Å². The van der Waals surface area contributed by atoms with Crippen molar-refractivity contribution in [3.8, 4) is 0 Å². The molecule has 8 heteroatoms. The molecular formula is C14H12N4O4. The number of nitrogens with zero attached hydrogens (tertiary/aromatic N) is 2. The van der Waals surface area contributed by atoms with Crippen molar-refractivity contribution in [3.05, 3.63) is 64.5 Å². The van der Waals surface area contributed by atoms with Gasteiger partial charge in [-0.2, -0.15) is 0 Å². The van der Waals surface area contributed by atoms with Crippen LogP contribution >= 0.6 is 0 Å². The molecule has 2 N–H and O–H groups in total. The number of aromatic nitrogens is 1. The van der Waals surface area contributed by atoms with Crippen LogP contribution in [0.5, 0.6) is 0 Å². The number of nitro benzene ring substituents is 1. The largest absolute Gasteiger partial charge is 0.343 e. The SMILES string of the molecule is O=C(CNC(=O)c1cccc([N+](=O)[O-])c1)Nc1ccncc1. The zero-order valence-electron chi connectivity index (χ0n) is 11.4. The molecular weight excluding hydrogens is 288 g/mol. The first-order valence-electron chi connectivity index (χ1n) is 6.29. The van der Waals surface area contributed by atoms with Gasteiger partial charge in [0.25, 0.3) is 11.6 Å². The minimum absolute atomic E-state index is 0.117. The van der Waals surface area contributed by atoms with Gasteiger partial charge in [-0.05, 0) is 18.2 Å². The van der Waals surface area contributed by atoms with Crippen molar-refractivity contribution in [2.75, 3.05) is 11.9 Å². The van der Waals surface area contributed by atoms with Crippen molar-refractivity contribution in [2.24, 2.45) is 0 Å².